The van der Waals surface area contributed by atoms with E-state index in [1.54, 1.807) is 26.2 Å². The number of nitrogens with zero attached hydrogens (tertiary/aromatic N) is 1. The first-order valence-electron chi connectivity index (χ1n) is 6.68. The summed E-state index contributed by atoms with van der Waals surface area (Å²) < 4.78 is 0. The second kappa shape index (κ2) is 9.37. The van der Waals surface area contributed by atoms with Crippen LogP contribution in [0.3, 0.4) is 0 Å². The normalized spacial score (nSPS) is 11.2. The topological polar surface area (TPSA) is 61.4 Å². The Labute approximate surface area is 132 Å². The van der Waals surface area contributed by atoms with Crippen molar-refractivity contribution in [2.75, 3.05) is 27.7 Å². The minimum Gasteiger partial charge on any atom is -0.352 e. The van der Waals surface area contributed by atoms with Crippen LogP contribution in [0, 0.1) is 5.92 Å². The predicted octanol–water partition coefficient (Wildman–Crippen LogP) is 1.28. The number of rotatable bonds is 6. The summed E-state index contributed by atoms with van der Waals surface area (Å²) in [5.41, 5.74) is 1.62. The van der Waals surface area contributed by atoms with E-state index < -0.39 is 0 Å². The molecule has 0 saturated carbocycles. The zero-order chi connectivity index (χ0) is 15.1. The van der Waals surface area contributed by atoms with Gasteiger partial charge in [0.2, 0.25) is 5.91 Å². The van der Waals surface area contributed by atoms with Crippen molar-refractivity contribution in [1.82, 2.24) is 15.5 Å². The van der Waals surface area contributed by atoms with E-state index >= 15 is 0 Å². The first-order valence-corrected chi connectivity index (χ1v) is 6.68. The molecule has 0 aliphatic carbocycles. The maximum absolute atomic E-state index is 11.8. The molecular formula is C15H24ClN3O2. The van der Waals surface area contributed by atoms with Gasteiger partial charge in [-0.2, -0.15) is 0 Å². The minimum atomic E-state index is -0.0606. The highest BCUT2D eigenvalue weighted by molar-refractivity contribution is 5.93. The van der Waals surface area contributed by atoms with Crippen molar-refractivity contribution in [1.29, 1.82) is 0 Å². The largest absolute Gasteiger partial charge is 0.352 e. The fourth-order valence-corrected chi connectivity index (χ4v) is 1.79. The molecule has 0 aliphatic rings. The van der Waals surface area contributed by atoms with Crippen molar-refractivity contribution in [3.8, 4) is 0 Å². The van der Waals surface area contributed by atoms with E-state index in [0.29, 0.717) is 18.7 Å². The SMILES string of the molecule is CNCC(C)C(=O)NCc1ccc(C(=O)N(C)C)cc1.Cl. The molecule has 0 saturated heterocycles. The molecular weight excluding hydrogens is 290 g/mol. The van der Waals surface area contributed by atoms with Crippen LogP contribution in [-0.2, 0) is 11.3 Å². The van der Waals surface area contributed by atoms with Crippen LogP contribution < -0.4 is 10.6 Å². The summed E-state index contributed by atoms with van der Waals surface area (Å²) in [7, 11) is 5.27. The molecule has 0 spiro atoms. The molecule has 0 aromatic heterocycles. The second-order valence-electron chi connectivity index (χ2n) is 5.07. The Hall–Kier alpha value is -1.59. The molecule has 2 N–H and O–H groups in total. The van der Waals surface area contributed by atoms with Crippen molar-refractivity contribution in [2.45, 2.75) is 13.5 Å². The van der Waals surface area contributed by atoms with Crippen LogP contribution in [0.15, 0.2) is 24.3 Å². The molecule has 1 aromatic rings. The van der Waals surface area contributed by atoms with Gasteiger partial charge in [0.25, 0.3) is 5.91 Å². The monoisotopic (exact) mass is 313 g/mol. The molecule has 0 aliphatic heterocycles. The van der Waals surface area contributed by atoms with Gasteiger partial charge in [-0.3, -0.25) is 9.59 Å². The van der Waals surface area contributed by atoms with E-state index in [1.165, 1.54) is 4.90 Å². The lowest BCUT2D eigenvalue weighted by Crippen LogP contribution is -2.33. The van der Waals surface area contributed by atoms with Crippen LogP contribution in [0.4, 0.5) is 0 Å². The van der Waals surface area contributed by atoms with Crippen LogP contribution in [0.2, 0.25) is 0 Å². The molecule has 5 nitrogen and oxygen atoms in total. The van der Waals surface area contributed by atoms with Crippen molar-refractivity contribution >= 4 is 24.2 Å². The molecule has 1 aromatic carbocycles. The fraction of sp³-hybridized carbons (Fsp3) is 0.467. The third-order valence-corrected chi connectivity index (χ3v) is 3.03. The third kappa shape index (κ3) is 6.14. The fourth-order valence-electron chi connectivity index (χ4n) is 1.79. The van der Waals surface area contributed by atoms with E-state index in [2.05, 4.69) is 10.6 Å². The van der Waals surface area contributed by atoms with Crippen molar-refractivity contribution < 1.29 is 9.59 Å². The lowest BCUT2D eigenvalue weighted by molar-refractivity contribution is -0.124. The number of benzene rings is 1. The molecule has 118 valence electrons. The summed E-state index contributed by atoms with van der Waals surface area (Å²) in [6.07, 6.45) is 0. The molecule has 0 fully saturated rings. The number of halogens is 1. The standard InChI is InChI=1S/C15H23N3O2.ClH/c1-11(9-16-2)14(19)17-10-12-5-7-13(8-6-12)15(20)18(3)4;/h5-8,11,16H,9-10H2,1-4H3,(H,17,19);1H. The van der Waals surface area contributed by atoms with E-state index in [-0.39, 0.29) is 30.1 Å². The summed E-state index contributed by atoms with van der Waals surface area (Å²) in [5, 5.41) is 5.85. The van der Waals surface area contributed by atoms with E-state index in [0.717, 1.165) is 5.56 Å². The Bertz CT molecular complexity index is 460. The number of hydrogen-bond acceptors (Lipinski definition) is 3. The quantitative estimate of drug-likeness (QED) is 0.832. The predicted molar refractivity (Wildman–Crippen MR) is 86.6 cm³/mol. The maximum atomic E-state index is 11.8. The Morgan fingerprint density at radius 3 is 2.24 bits per heavy atom. The van der Waals surface area contributed by atoms with Gasteiger partial charge in [0.1, 0.15) is 0 Å². The molecule has 0 bridgehead atoms. The Balaban J connectivity index is 0.00000400. The van der Waals surface area contributed by atoms with Gasteiger partial charge >= 0.3 is 0 Å². The van der Waals surface area contributed by atoms with Crippen LogP contribution in [0.5, 0.6) is 0 Å². The van der Waals surface area contributed by atoms with Gasteiger partial charge in [-0.05, 0) is 24.7 Å². The first kappa shape index (κ1) is 19.4. The first-order chi connectivity index (χ1) is 9.45. The van der Waals surface area contributed by atoms with E-state index in [9.17, 15) is 9.59 Å². The molecule has 1 rings (SSSR count). The Morgan fingerprint density at radius 1 is 1.19 bits per heavy atom. The van der Waals surface area contributed by atoms with Gasteiger partial charge in [-0.1, -0.05) is 19.1 Å². The number of nitrogens with one attached hydrogen (secondary N) is 2. The van der Waals surface area contributed by atoms with Crippen molar-refractivity contribution in [3.05, 3.63) is 35.4 Å². The summed E-state index contributed by atoms with van der Waals surface area (Å²) in [4.78, 5) is 25.0. The van der Waals surface area contributed by atoms with Crippen LogP contribution >= 0.6 is 12.4 Å². The number of hydrogen-bond donors (Lipinski definition) is 2. The van der Waals surface area contributed by atoms with Crippen molar-refractivity contribution in [3.63, 3.8) is 0 Å². The highest BCUT2D eigenvalue weighted by atomic mass is 35.5. The number of carbonyl (C=O) groups is 2. The molecule has 0 radical (unpaired) electrons. The van der Waals surface area contributed by atoms with Crippen LogP contribution in [0.25, 0.3) is 0 Å². The van der Waals surface area contributed by atoms with Gasteiger partial charge in [0, 0.05) is 38.7 Å². The molecule has 21 heavy (non-hydrogen) atoms. The highest BCUT2D eigenvalue weighted by Gasteiger charge is 2.11. The molecule has 1 unspecified atom stereocenters. The molecule has 2 amide bonds. The van der Waals surface area contributed by atoms with Gasteiger partial charge < -0.3 is 15.5 Å². The zero-order valence-corrected chi connectivity index (χ0v) is 13.8. The summed E-state index contributed by atoms with van der Waals surface area (Å²) >= 11 is 0. The van der Waals surface area contributed by atoms with Gasteiger partial charge in [-0.25, -0.2) is 0 Å². The van der Waals surface area contributed by atoms with Gasteiger partial charge in [0.15, 0.2) is 0 Å². The third-order valence-electron chi connectivity index (χ3n) is 3.03. The van der Waals surface area contributed by atoms with Gasteiger partial charge in [0.05, 0.1) is 0 Å². The number of amides is 2. The van der Waals surface area contributed by atoms with Crippen LogP contribution in [-0.4, -0.2) is 44.4 Å². The minimum absolute atomic E-state index is 0. The Morgan fingerprint density at radius 2 is 1.76 bits per heavy atom. The highest BCUT2D eigenvalue weighted by Crippen LogP contribution is 2.06. The number of carbonyl (C=O) groups excluding carboxylic acids is 2. The lowest BCUT2D eigenvalue weighted by Gasteiger charge is -2.12. The average Bonchev–Trinajstić information content (AvgIpc) is 2.44. The Kier molecular flexibility index (Phi) is 8.66. The lowest BCUT2D eigenvalue weighted by atomic mass is 10.1. The smallest absolute Gasteiger partial charge is 0.253 e. The second-order valence-corrected chi connectivity index (χ2v) is 5.07. The zero-order valence-electron chi connectivity index (χ0n) is 13.0. The summed E-state index contributed by atoms with van der Waals surface area (Å²) in [6.45, 7) is 3.01. The average molecular weight is 314 g/mol. The molecule has 1 atom stereocenters. The van der Waals surface area contributed by atoms with Crippen LogP contribution in [0.1, 0.15) is 22.8 Å². The molecule has 6 heteroatoms. The molecule has 0 heterocycles. The van der Waals surface area contributed by atoms with E-state index in [4.69, 9.17) is 0 Å². The maximum Gasteiger partial charge on any atom is 0.253 e. The summed E-state index contributed by atoms with van der Waals surface area (Å²) in [6, 6.07) is 7.28. The van der Waals surface area contributed by atoms with Gasteiger partial charge in [-0.15, -0.1) is 12.4 Å². The van der Waals surface area contributed by atoms with Crippen molar-refractivity contribution in [2.24, 2.45) is 5.92 Å². The summed E-state index contributed by atoms with van der Waals surface area (Å²) in [5.74, 6) is -0.0642. The van der Waals surface area contributed by atoms with E-state index in [1.807, 2.05) is 26.1 Å².